The van der Waals surface area contributed by atoms with Gasteiger partial charge < -0.3 is 20.1 Å². The van der Waals surface area contributed by atoms with Crippen molar-refractivity contribution in [1.82, 2.24) is 0 Å². The minimum atomic E-state index is -0.587. The Bertz CT molecular complexity index is 681. The van der Waals surface area contributed by atoms with E-state index in [0.717, 1.165) is 6.08 Å². The second-order valence-corrected chi connectivity index (χ2v) is 4.30. The van der Waals surface area contributed by atoms with Gasteiger partial charge in [0.25, 0.3) is 0 Å². The van der Waals surface area contributed by atoms with Crippen molar-refractivity contribution in [3.63, 3.8) is 0 Å². The zero-order valence-electron chi connectivity index (χ0n) is 11.3. The third-order valence-corrected chi connectivity index (χ3v) is 2.90. The molecule has 3 N–H and O–H groups in total. The van der Waals surface area contributed by atoms with Crippen LogP contribution in [0.4, 0.5) is 0 Å². The van der Waals surface area contributed by atoms with Crippen LogP contribution in [0.5, 0.6) is 23.0 Å². The van der Waals surface area contributed by atoms with E-state index in [-0.39, 0.29) is 28.6 Å². The van der Waals surface area contributed by atoms with Gasteiger partial charge in [0, 0.05) is 17.7 Å². The molecule has 2 aromatic carbocycles. The van der Waals surface area contributed by atoms with Gasteiger partial charge in [-0.25, -0.2) is 0 Å². The van der Waals surface area contributed by atoms with Crippen molar-refractivity contribution in [2.75, 3.05) is 7.11 Å². The molecule has 0 saturated heterocycles. The highest BCUT2D eigenvalue weighted by Gasteiger charge is 2.16. The Morgan fingerprint density at radius 1 is 1.05 bits per heavy atom. The monoisotopic (exact) mass is 286 g/mol. The molecule has 5 heteroatoms. The standard InChI is InChI=1S/C16H14O5/c1-21-11-8-14(19)16(15(20)9-11)13(18)7-6-10-4-2-3-5-12(10)17/h2-9,17,19-20H,1H3. The SMILES string of the molecule is COc1cc(O)c(C(=O)C=Cc2ccccc2O)c(O)c1. The Hall–Kier alpha value is -2.95. The lowest BCUT2D eigenvalue weighted by atomic mass is 10.1. The molecule has 21 heavy (non-hydrogen) atoms. The van der Waals surface area contributed by atoms with Crippen LogP contribution in [0.1, 0.15) is 15.9 Å². The molecular weight excluding hydrogens is 272 g/mol. The van der Waals surface area contributed by atoms with Crippen LogP contribution in [-0.2, 0) is 0 Å². The van der Waals surface area contributed by atoms with Crippen molar-refractivity contribution in [2.24, 2.45) is 0 Å². The number of phenolic OH excluding ortho intramolecular Hbond substituents is 3. The first-order chi connectivity index (χ1) is 10.0. The molecule has 0 spiro atoms. The smallest absolute Gasteiger partial charge is 0.193 e. The van der Waals surface area contributed by atoms with Crippen molar-refractivity contribution in [2.45, 2.75) is 0 Å². The molecule has 5 nitrogen and oxygen atoms in total. The van der Waals surface area contributed by atoms with Crippen LogP contribution < -0.4 is 4.74 Å². The average Bonchev–Trinajstić information content (AvgIpc) is 2.45. The molecule has 0 fully saturated rings. The number of rotatable bonds is 4. The van der Waals surface area contributed by atoms with Crippen LogP contribution in [0, 0.1) is 0 Å². The number of carbonyl (C=O) groups is 1. The molecule has 0 bridgehead atoms. The summed E-state index contributed by atoms with van der Waals surface area (Å²) in [7, 11) is 1.38. The lowest BCUT2D eigenvalue weighted by Gasteiger charge is -2.07. The van der Waals surface area contributed by atoms with Crippen LogP contribution in [0.2, 0.25) is 0 Å². The number of hydrogen-bond acceptors (Lipinski definition) is 5. The van der Waals surface area contributed by atoms with Crippen molar-refractivity contribution in [1.29, 1.82) is 0 Å². The number of ether oxygens (including phenoxy) is 1. The Morgan fingerprint density at radius 2 is 1.67 bits per heavy atom. The van der Waals surface area contributed by atoms with Crippen LogP contribution in [0.15, 0.2) is 42.5 Å². The van der Waals surface area contributed by atoms with Crippen molar-refractivity contribution in [3.8, 4) is 23.0 Å². The van der Waals surface area contributed by atoms with Gasteiger partial charge in [0.05, 0.1) is 7.11 Å². The summed E-state index contributed by atoms with van der Waals surface area (Å²) in [6.07, 6.45) is 2.57. The van der Waals surface area contributed by atoms with Crippen LogP contribution in [0.3, 0.4) is 0 Å². The normalized spacial score (nSPS) is 10.7. The van der Waals surface area contributed by atoms with Crippen LogP contribution >= 0.6 is 0 Å². The maximum Gasteiger partial charge on any atom is 0.193 e. The van der Waals surface area contributed by atoms with E-state index in [2.05, 4.69) is 0 Å². The highest BCUT2D eigenvalue weighted by atomic mass is 16.5. The van der Waals surface area contributed by atoms with Crippen LogP contribution in [0.25, 0.3) is 6.08 Å². The largest absolute Gasteiger partial charge is 0.507 e. The number of benzene rings is 2. The topological polar surface area (TPSA) is 87.0 Å². The predicted molar refractivity (Wildman–Crippen MR) is 77.8 cm³/mol. The molecule has 0 radical (unpaired) electrons. The van der Waals surface area contributed by atoms with Gasteiger partial charge >= 0.3 is 0 Å². The number of phenols is 3. The maximum absolute atomic E-state index is 12.0. The summed E-state index contributed by atoms with van der Waals surface area (Å²) in [5, 5.41) is 29.2. The van der Waals surface area contributed by atoms with E-state index in [1.54, 1.807) is 18.2 Å². The van der Waals surface area contributed by atoms with Gasteiger partial charge in [0.15, 0.2) is 5.78 Å². The first-order valence-electron chi connectivity index (χ1n) is 6.13. The summed E-state index contributed by atoms with van der Waals surface area (Å²) in [5.74, 6) is -1.07. The second-order valence-electron chi connectivity index (χ2n) is 4.30. The van der Waals surface area contributed by atoms with Gasteiger partial charge in [0.1, 0.15) is 28.6 Å². The van der Waals surface area contributed by atoms with Crippen LogP contribution in [-0.4, -0.2) is 28.2 Å². The fraction of sp³-hybridized carbons (Fsp3) is 0.0625. The van der Waals surface area contributed by atoms with E-state index in [1.165, 1.54) is 31.4 Å². The van der Waals surface area contributed by atoms with Gasteiger partial charge in [0.2, 0.25) is 0 Å². The number of allylic oxidation sites excluding steroid dienone is 1. The molecule has 0 aliphatic heterocycles. The van der Waals surface area contributed by atoms with E-state index in [4.69, 9.17) is 4.74 Å². The van der Waals surface area contributed by atoms with E-state index >= 15 is 0 Å². The second kappa shape index (κ2) is 6.00. The lowest BCUT2D eigenvalue weighted by molar-refractivity contribution is 0.104. The molecule has 0 atom stereocenters. The highest BCUT2D eigenvalue weighted by molar-refractivity contribution is 6.10. The van der Waals surface area contributed by atoms with E-state index in [1.807, 2.05) is 0 Å². The van der Waals surface area contributed by atoms with Gasteiger partial charge in [-0.05, 0) is 18.2 Å². The Labute approximate surface area is 121 Å². The van der Waals surface area contributed by atoms with E-state index in [0.29, 0.717) is 5.56 Å². The van der Waals surface area contributed by atoms with E-state index in [9.17, 15) is 20.1 Å². The average molecular weight is 286 g/mol. The fourth-order valence-electron chi connectivity index (χ4n) is 1.83. The molecule has 2 rings (SSSR count). The van der Waals surface area contributed by atoms with Crippen molar-refractivity contribution < 1.29 is 24.9 Å². The first-order valence-corrected chi connectivity index (χ1v) is 6.13. The van der Waals surface area contributed by atoms with Crippen molar-refractivity contribution >= 4 is 11.9 Å². The minimum Gasteiger partial charge on any atom is -0.507 e. The van der Waals surface area contributed by atoms with Gasteiger partial charge in [-0.3, -0.25) is 4.79 Å². The summed E-state index contributed by atoms with van der Waals surface area (Å²) in [6, 6.07) is 8.97. The van der Waals surface area contributed by atoms with Crippen molar-refractivity contribution in [3.05, 3.63) is 53.6 Å². The molecule has 0 unspecified atom stereocenters. The number of methoxy groups -OCH3 is 1. The third kappa shape index (κ3) is 3.14. The lowest BCUT2D eigenvalue weighted by Crippen LogP contribution is -1.97. The highest BCUT2D eigenvalue weighted by Crippen LogP contribution is 2.33. The third-order valence-electron chi connectivity index (χ3n) is 2.90. The maximum atomic E-state index is 12.0. The first kappa shape index (κ1) is 14.5. The molecular formula is C16H14O5. The quantitative estimate of drug-likeness (QED) is 0.594. The summed E-state index contributed by atoms with van der Waals surface area (Å²) in [4.78, 5) is 12.0. The molecule has 0 aromatic heterocycles. The fourth-order valence-corrected chi connectivity index (χ4v) is 1.83. The van der Waals surface area contributed by atoms with Gasteiger partial charge in [-0.1, -0.05) is 18.2 Å². The Balaban J connectivity index is 2.31. The number of carbonyl (C=O) groups excluding carboxylic acids is 1. The summed E-state index contributed by atoms with van der Waals surface area (Å²) in [6.45, 7) is 0. The number of hydrogen-bond donors (Lipinski definition) is 3. The zero-order valence-corrected chi connectivity index (χ0v) is 11.3. The molecule has 0 heterocycles. The van der Waals surface area contributed by atoms with Gasteiger partial charge in [-0.2, -0.15) is 0 Å². The molecule has 2 aromatic rings. The zero-order chi connectivity index (χ0) is 15.4. The Morgan fingerprint density at radius 3 is 2.24 bits per heavy atom. The number of ketones is 1. The minimum absolute atomic E-state index is 0.0322. The number of aromatic hydroxyl groups is 3. The summed E-state index contributed by atoms with van der Waals surface area (Å²) in [5.41, 5.74) is 0.237. The molecule has 0 aliphatic carbocycles. The molecule has 0 amide bonds. The van der Waals surface area contributed by atoms with Gasteiger partial charge in [-0.15, -0.1) is 0 Å². The predicted octanol–water partition coefficient (Wildman–Crippen LogP) is 2.71. The molecule has 108 valence electrons. The Kier molecular flexibility index (Phi) is 4.13. The van der Waals surface area contributed by atoms with E-state index < -0.39 is 5.78 Å². The molecule has 0 saturated carbocycles. The number of para-hydroxylation sites is 1. The molecule has 0 aliphatic rings. The summed E-state index contributed by atoms with van der Waals surface area (Å²) >= 11 is 0. The summed E-state index contributed by atoms with van der Waals surface area (Å²) < 4.78 is 4.87.